The maximum Gasteiger partial charge on any atom is 0.408 e. The molecule has 7 heteroatoms. The molecule has 1 rings (SSSR count). The zero-order valence-electron chi connectivity index (χ0n) is 13.9. The summed E-state index contributed by atoms with van der Waals surface area (Å²) in [5, 5.41) is 6.03. The molecule has 0 aromatic heterocycles. The van der Waals surface area contributed by atoms with Crippen molar-refractivity contribution >= 4 is 40.9 Å². The molecule has 0 saturated heterocycles. The Morgan fingerprint density at radius 3 is 2.22 bits per heavy atom. The minimum absolute atomic E-state index is 0.120. The van der Waals surface area contributed by atoms with Crippen molar-refractivity contribution in [3.05, 3.63) is 28.2 Å². The van der Waals surface area contributed by atoms with Crippen LogP contribution in [0.15, 0.2) is 18.2 Å². The zero-order valence-corrected chi connectivity index (χ0v) is 15.4. The predicted octanol–water partition coefficient (Wildman–Crippen LogP) is 4.48. The zero-order chi connectivity index (χ0) is 17.8. The van der Waals surface area contributed by atoms with Gasteiger partial charge in [0.05, 0.1) is 10.0 Å². The number of carbonyl (C=O) groups is 2. The van der Waals surface area contributed by atoms with Crippen LogP contribution in [0.25, 0.3) is 0 Å². The van der Waals surface area contributed by atoms with Gasteiger partial charge in [0.1, 0.15) is 11.6 Å². The minimum Gasteiger partial charge on any atom is -0.444 e. The van der Waals surface area contributed by atoms with Gasteiger partial charge in [-0.15, -0.1) is 0 Å². The number of alkyl carbamates (subject to hydrolysis) is 1. The lowest BCUT2D eigenvalue weighted by molar-refractivity contribution is -0.119. The topological polar surface area (TPSA) is 67.4 Å². The van der Waals surface area contributed by atoms with E-state index in [1.165, 1.54) is 0 Å². The molecule has 1 aromatic carbocycles. The number of halogens is 2. The first kappa shape index (κ1) is 19.6. The van der Waals surface area contributed by atoms with Crippen LogP contribution in [0.4, 0.5) is 10.5 Å². The molecule has 0 fully saturated rings. The van der Waals surface area contributed by atoms with Crippen LogP contribution in [0.3, 0.4) is 0 Å². The third-order valence-electron chi connectivity index (χ3n) is 2.81. The summed E-state index contributed by atoms with van der Waals surface area (Å²) in [7, 11) is 0. The van der Waals surface area contributed by atoms with Crippen molar-refractivity contribution in [2.45, 2.75) is 46.3 Å². The molecule has 0 heterocycles. The second-order valence-electron chi connectivity index (χ2n) is 6.49. The van der Waals surface area contributed by atoms with Crippen LogP contribution in [0.5, 0.6) is 0 Å². The molecule has 1 atom stereocenters. The van der Waals surface area contributed by atoms with E-state index in [0.717, 1.165) is 0 Å². The number of carbonyl (C=O) groups excluding carboxylic acids is 2. The van der Waals surface area contributed by atoms with Crippen molar-refractivity contribution in [3.8, 4) is 0 Å². The summed E-state index contributed by atoms with van der Waals surface area (Å²) in [5.74, 6) is -0.477. The molecular weight excluding hydrogens is 339 g/mol. The van der Waals surface area contributed by atoms with Crippen molar-refractivity contribution in [1.29, 1.82) is 0 Å². The molecule has 0 aliphatic carbocycles. The first-order valence-corrected chi connectivity index (χ1v) is 8.00. The molecule has 0 saturated carbocycles. The largest absolute Gasteiger partial charge is 0.444 e. The molecule has 5 nitrogen and oxygen atoms in total. The summed E-state index contributed by atoms with van der Waals surface area (Å²) in [5.41, 5.74) is -0.132. The lowest BCUT2D eigenvalue weighted by Gasteiger charge is -2.25. The van der Waals surface area contributed by atoms with Crippen LogP contribution >= 0.6 is 23.2 Å². The molecule has 0 spiro atoms. The van der Waals surface area contributed by atoms with Gasteiger partial charge in [-0.2, -0.15) is 0 Å². The Morgan fingerprint density at radius 2 is 1.74 bits per heavy atom. The van der Waals surface area contributed by atoms with Crippen LogP contribution in [0, 0.1) is 5.92 Å². The van der Waals surface area contributed by atoms with E-state index < -0.39 is 17.7 Å². The molecule has 0 aliphatic heterocycles. The van der Waals surface area contributed by atoms with Crippen LogP contribution in [-0.2, 0) is 9.53 Å². The molecule has 2 amide bonds. The highest BCUT2D eigenvalue weighted by molar-refractivity contribution is 6.42. The van der Waals surface area contributed by atoms with Crippen molar-refractivity contribution in [1.82, 2.24) is 5.32 Å². The Labute approximate surface area is 146 Å². The summed E-state index contributed by atoms with van der Waals surface area (Å²) in [6, 6.07) is 4.04. The lowest BCUT2D eigenvalue weighted by Crippen LogP contribution is -2.48. The van der Waals surface area contributed by atoms with E-state index in [0.29, 0.717) is 15.7 Å². The highest BCUT2D eigenvalue weighted by atomic mass is 35.5. The monoisotopic (exact) mass is 360 g/mol. The van der Waals surface area contributed by atoms with E-state index >= 15 is 0 Å². The van der Waals surface area contributed by atoms with E-state index in [-0.39, 0.29) is 11.8 Å². The van der Waals surface area contributed by atoms with Gasteiger partial charge in [-0.25, -0.2) is 4.79 Å². The summed E-state index contributed by atoms with van der Waals surface area (Å²) in [6.07, 6.45) is -0.638. The molecule has 0 unspecified atom stereocenters. The molecule has 1 aromatic rings. The summed E-state index contributed by atoms with van der Waals surface area (Å²) >= 11 is 11.8. The van der Waals surface area contributed by atoms with Gasteiger partial charge in [0.15, 0.2) is 0 Å². The number of anilines is 1. The highest BCUT2D eigenvalue weighted by Gasteiger charge is 2.27. The van der Waals surface area contributed by atoms with E-state index in [4.69, 9.17) is 27.9 Å². The third-order valence-corrected chi connectivity index (χ3v) is 3.55. The van der Waals surface area contributed by atoms with E-state index in [1.54, 1.807) is 39.0 Å². The number of amides is 2. The minimum atomic E-state index is -0.737. The summed E-state index contributed by atoms with van der Waals surface area (Å²) < 4.78 is 5.18. The van der Waals surface area contributed by atoms with Crippen LogP contribution in [-0.4, -0.2) is 23.6 Å². The number of hydrogen-bond acceptors (Lipinski definition) is 3. The second-order valence-corrected chi connectivity index (χ2v) is 7.30. The Morgan fingerprint density at radius 1 is 1.13 bits per heavy atom. The van der Waals surface area contributed by atoms with Gasteiger partial charge in [-0.3, -0.25) is 4.79 Å². The highest BCUT2D eigenvalue weighted by Crippen LogP contribution is 2.25. The number of ether oxygens (including phenoxy) is 1. The fourth-order valence-corrected chi connectivity index (χ4v) is 2.06. The van der Waals surface area contributed by atoms with E-state index in [9.17, 15) is 9.59 Å². The van der Waals surface area contributed by atoms with Crippen molar-refractivity contribution in [3.63, 3.8) is 0 Å². The average Bonchev–Trinajstić information content (AvgIpc) is 2.37. The maximum absolute atomic E-state index is 12.4. The normalized spacial score (nSPS) is 12.7. The van der Waals surface area contributed by atoms with Crippen molar-refractivity contribution in [2.75, 3.05) is 5.32 Å². The van der Waals surface area contributed by atoms with Gasteiger partial charge in [0.25, 0.3) is 0 Å². The van der Waals surface area contributed by atoms with Crippen LogP contribution in [0.1, 0.15) is 34.6 Å². The smallest absolute Gasteiger partial charge is 0.408 e. The number of hydrogen-bond donors (Lipinski definition) is 2. The van der Waals surface area contributed by atoms with Gasteiger partial charge in [0, 0.05) is 5.69 Å². The fourth-order valence-electron chi connectivity index (χ4n) is 1.76. The van der Waals surface area contributed by atoms with Crippen molar-refractivity contribution < 1.29 is 14.3 Å². The average molecular weight is 361 g/mol. The van der Waals surface area contributed by atoms with Gasteiger partial charge < -0.3 is 15.4 Å². The van der Waals surface area contributed by atoms with Crippen LogP contribution < -0.4 is 10.6 Å². The van der Waals surface area contributed by atoms with E-state index in [2.05, 4.69) is 10.6 Å². The Balaban J connectivity index is 2.78. The number of benzene rings is 1. The van der Waals surface area contributed by atoms with Gasteiger partial charge in [-0.1, -0.05) is 37.0 Å². The predicted molar refractivity (Wildman–Crippen MR) is 93.1 cm³/mol. The first-order chi connectivity index (χ1) is 10.5. The van der Waals surface area contributed by atoms with Crippen LogP contribution in [0.2, 0.25) is 10.0 Å². The van der Waals surface area contributed by atoms with Gasteiger partial charge in [0.2, 0.25) is 5.91 Å². The lowest BCUT2D eigenvalue weighted by atomic mass is 10.0. The number of nitrogens with one attached hydrogen (secondary N) is 2. The van der Waals surface area contributed by atoms with Crippen molar-refractivity contribution in [2.24, 2.45) is 5.92 Å². The summed E-state index contributed by atoms with van der Waals surface area (Å²) in [6.45, 7) is 8.93. The standard InChI is InChI=1S/C16H22Cl2N2O3/c1-9(2)13(20-15(22)23-16(3,4)5)14(21)19-10-6-7-11(17)12(18)8-10/h6-9,13H,1-5H3,(H,19,21)(H,20,22)/t13-/m0/s1. The molecule has 0 bridgehead atoms. The molecule has 23 heavy (non-hydrogen) atoms. The Kier molecular flexibility index (Phi) is 6.71. The number of rotatable bonds is 4. The fraction of sp³-hybridized carbons (Fsp3) is 0.500. The second kappa shape index (κ2) is 7.88. The maximum atomic E-state index is 12.4. The SMILES string of the molecule is CC(C)[C@H](NC(=O)OC(C)(C)C)C(=O)Nc1ccc(Cl)c(Cl)c1. The van der Waals surface area contributed by atoms with Gasteiger partial charge in [-0.05, 0) is 44.9 Å². The first-order valence-electron chi connectivity index (χ1n) is 7.25. The molecule has 2 N–H and O–H groups in total. The summed E-state index contributed by atoms with van der Waals surface area (Å²) in [4.78, 5) is 24.3. The Bertz CT molecular complexity index is 583. The van der Waals surface area contributed by atoms with E-state index in [1.807, 2.05) is 13.8 Å². The molecule has 0 aliphatic rings. The molecular formula is C16H22Cl2N2O3. The van der Waals surface area contributed by atoms with Gasteiger partial charge >= 0.3 is 6.09 Å². The Hall–Kier alpha value is -1.46. The molecule has 0 radical (unpaired) electrons. The quantitative estimate of drug-likeness (QED) is 0.831. The molecule has 128 valence electrons. The third kappa shape index (κ3) is 6.67.